The highest BCUT2D eigenvalue weighted by Crippen LogP contribution is 2.36. The van der Waals surface area contributed by atoms with E-state index in [0.717, 1.165) is 23.9 Å². The fourth-order valence-electron chi connectivity index (χ4n) is 2.92. The zero-order valence-electron chi connectivity index (χ0n) is 17.2. The normalized spacial score (nSPS) is 11.1. The summed E-state index contributed by atoms with van der Waals surface area (Å²) in [7, 11) is 0. The van der Waals surface area contributed by atoms with E-state index in [-0.39, 0.29) is 21.9 Å². The van der Waals surface area contributed by atoms with E-state index in [1.165, 1.54) is 30.3 Å². The molecule has 11 heteroatoms. The van der Waals surface area contributed by atoms with Crippen molar-refractivity contribution in [1.82, 2.24) is 0 Å². The Bertz CT molecular complexity index is 1250. The van der Waals surface area contributed by atoms with E-state index in [9.17, 15) is 32.7 Å². The van der Waals surface area contributed by atoms with Crippen LogP contribution < -0.4 is 10.6 Å². The van der Waals surface area contributed by atoms with Gasteiger partial charge in [-0.3, -0.25) is 9.59 Å². The summed E-state index contributed by atoms with van der Waals surface area (Å²) >= 11 is 6.68. The van der Waals surface area contributed by atoms with Crippen LogP contribution in [-0.4, -0.2) is 28.6 Å². The second-order valence-corrected chi connectivity index (χ2v) is 8.34. The quantitative estimate of drug-likeness (QED) is 0.338. The summed E-state index contributed by atoms with van der Waals surface area (Å²) in [6, 6.07) is 15.2. The number of carbonyl (C=O) groups excluding carboxylic acids is 2. The van der Waals surface area contributed by atoms with E-state index in [1.54, 1.807) is 24.3 Å². The Balaban J connectivity index is 1.65. The molecular formula is C23H16ClF3N2O4S. The summed E-state index contributed by atoms with van der Waals surface area (Å²) in [5, 5.41) is 14.0. The largest absolute Gasteiger partial charge is 0.478 e. The molecule has 176 valence electrons. The summed E-state index contributed by atoms with van der Waals surface area (Å²) in [5.41, 5.74) is -1.27. The molecule has 0 spiro atoms. The van der Waals surface area contributed by atoms with Gasteiger partial charge in [-0.15, -0.1) is 11.8 Å². The average molecular weight is 509 g/mol. The first-order chi connectivity index (χ1) is 16.0. The van der Waals surface area contributed by atoms with Crippen LogP contribution in [0.4, 0.5) is 24.5 Å². The monoisotopic (exact) mass is 508 g/mol. The molecule has 0 heterocycles. The lowest BCUT2D eigenvalue weighted by Crippen LogP contribution is -2.18. The number of rotatable bonds is 7. The molecule has 0 radical (unpaired) electrons. The average Bonchev–Trinajstić information content (AvgIpc) is 2.78. The van der Waals surface area contributed by atoms with Gasteiger partial charge in [0.15, 0.2) is 0 Å². The predicted molar refractivity (Wildman–Crippen MR) is 124 cm³/mol. The molecule has 0 saturated carbocycles. The number of benzene rings is 3. The van der Waals surface area contributed by atoms with Crippen molar-refractivity contribution >= 4 is 52.5 Å². The predicted octanol–water partition coefficient (Wildman–Crippen LogP) is 6.04. The van der Waals surface area contributed by atoms with Gasteiger partial charge in [0.1, 0.15) is 0 Å². The molecule has 0 aliphatic rings. The fourth-order valence-corrected chi connectivity index (χ4v) is 3.85. The number of alkyl halides is 3. The van der Waals surface area contributed by atoms with Gasteiger partial charge in [0.2, 0.25) is 5.91 Å². The third kappa shape index (κ3) is 6.52. The molecule has 3 rings (SSSR count). The maximum atomic E-state index is 13.2. The molecule has 0 saturated heterocycles. The number of nitrogens with one attached hydrogen (secondary N) is 2. The molecule has 0 atom stereocenters. The van der Waals surface area contributed by atoms with Gasteiger partial charge in [-0.1, -0.05) is 29.8 Å². The van der Waals surface area contributed by atoms with Crippen molar-refractivity contribution in [2.75, 3.05) is 16.4 Å². The topological polar surface area (TPSA) is 95.5 Å². The van der Waals surface area contributed by atoms with Crippen LogP contribution in [0.2, 0.25) is 5.02 Å². The molecule has 0 aliphatic carbocycles. The molecule has 34 heavy (non-hydrogen) atoms. The van der Waals surface area contributed by atoms with Gasteiger partial charge in [-0.2, -0.15) is 13.2 Å². The molecule has 3 N–H and O–H groups in total. The van der Waals surface area contributed by atoms with Crippen molar-refractivity contribution < 1.29 is 32.7 Å². The third-order valence-corrected chi connectivity index (χ3v) is 5.65. The Kier molecular flexibility index (Phi) is 7.85. The minimum atomic E-state index is -4.69. The second-order valence-electron chi connectivity index (χ2n) is 6.86. The highest BCUT2D eigenvalue weighted by molar-refractivity contribution is 8.00. The van der Waals surface area contributed by atoms with Crippen LogP contribution >= 0.6 is 23.4 Å². The number of hydrogen-bond acceptors (Lipinski definition) is 4. The molecule has 0 unspecified atom stereocenters. The Morgan fingerprint density at radius 1 is 0.912 bits per heavy atom. The van der Waals surface area contributed by atoms with Crippen molar-refractivity contribution in [1.29, 1.82) is 0 Å². The molecule has 6 nitrogen and oxygen atoms in total. The van der Waals surface area contributed by atoms with Crippen LogP contribution in [0.25, 0.3) is 0 Å². The Hall–Kier alpha value is -3.50. The number of hydrogen-bond donors (Lipinski definition) is 3. The minimum Gasteiger partial charge on any atom is -0.478 e. The van der Waals surface area contributed by atoms with Crippen molar-refractivity contribution in [3.8, 4) is 0 Å². The number of carboxylic acids is 1. The lowest BCUT2D eigenvalue weighted by Gasteiger charge is -2.14. The van der Waals surface area contributed by atoms with Gasteiger partial charge in [0.05, 0.1) is 28.1 Å². The van der Waals surface area contributed by atoms with Gasteiger partial charge < -0.3 is 15.7 Å². The van der Waals surface area contributed by atoms with Gasteiger partial charge in [0.25, 0.3) is 5.91 Å². The molecule has 0 fully saturated rings. The fraction of sp³-hybridized carbons (Fsp3) is 0.0870. The summed E-state index contributed by atoms with van der Waals surface area (Å²) < 4.78 is 39.6. The molecule has 3 aromatic carbocycles. The summed E-state index contributed by atoms with van der Waals surface area (Å²) in [6.45, 7) is 0. The van der Waals surface area contributed by atoms with Crippen molar-refractivity contribution in [2.24, 2.45) is 0 Å². The van der Waals surface area contributed by atoms with Gasteiger partial charge in [0, 0.05) is 15.6 Å². The Labute approximate surface area is 201 Å². The van der Waals surface area contributed by atoms with E-state index in [0.29, 0.717) is 10.6 Å². The zero-order chi connectivity index (χ0) is 24.9. The first kappa shape index (κ1) is 25.1. The van der Waals surface area contributed by atoms with Gasteiger partial charge >= 0.3 is 12.1 Å². The van der Waals surface area contributed by atoms with Crippen LogP contribution in [0.15, 0.2) is 71.6 Å². The lowest BCUT2D eigenvalue weighted by atomic mass is 10.1. The van der Waals surface area contributed by atoms with Crippen molar-refractivity contribution in [3.05, 3.63) is 88.4 Å². The van der Waals surface area contributed by atoms with Crippen LogP contribution in [0.3, 0.4) is 0 Å². The maximum absolute atomic E-state index is 13.2. The Morgan fingerprint density at radius 3 is 2.29 bits per heavy atom. The number of carboxylic acid groups (broad SMARTS) is 1. The van der Waals surface area contributed by atoms with Crippen LogP contribution in [0.5, 0.6) is 0 Å². The van der Waals surface area contributed by atoms with Crippen molar-refractivity contribution in [3.63, 3.8) is 0 Å². The smallest absolute Gasteiger partial charge is 0.418 e. The SMILES string of the molecule is O=C(CSc1cccc(NC(=O)c2ccccc2C(=O)O)c1)Nc1ccc(Cl)cc1C(F)(F)F. The van der Waals surface area contributed by atoms with E-state index < -0.39 is 35.2 Å². The van der Waals surface area contributed by atoms with E-state index in [4.69, 9.17) is 11.6 Å². The minimum absolute atomic E-state index is 0.0177. The highest BCUT2D eigenvalue weighted by atomic mass is 35.5. The zero-order valence-corrected chi connectivity index (χ0v) is 18.7. The highest BCUT2D eigenvalue weighted by Gasteiger charge is 2.34. The van der Waals surface area contributed by atoms with Crippen LogP contribution in [0, 0.1) is 0 Å². The molecule has 0 bridgehead atoms. The molecule has 3 aromatic rings. The summed E-state index contributed by atoms with van der Waals surface area (Å²) in [6.07, 6.45) is -4.69. The van der Waals surface area contributed by atoms with Gasteiger partial charge in [-0.25, -0.2) is 4.79 Å². The molecule has 0 aliphatic heterocycles. The van der Waals surface area contributed by atoms with Crippen LogP contribution in [-0.2, 0) is 11.0 Å². The number of anilines is 2. The third-order valence-electron chi connectivity index (χ3n) is 4.43. The summed E-state index contributed by atoms with van der Waals surface area (Å²) in [5.74, 6) is -2.72. The summed E-state index contributed by atoms with van der Waals surface area (Å²) in [4.78, 5) is 36.6. The Morgan fingerprint density at radius 2 is 1.62 bits per heavy atom. The number of amides is 2. The van der Waals surface area contributed by atoms with Crippen LogP contribution in [0.1, 0.15) is 26.3 Å². The first-order valence-corrected chi connectivity index (χ1v) is 10.9. The van der Waals surface area contributed by atoms with E-state index in [1.807, 2.05) is 0 Å². The van der Waals surface area contributed by atoms with E-state index >= 15 is 0 Å². The second kappa shape index (κ2) is 10.6. The maximum Gasteiger partial charge on any atom is 0.418 e. The van der Waals surface area contributed by atoms with E-state index in [2.05, 4.69) is 10.6 Å². The molecular weight excluding hydrogens is 493 g/mol. The molecule has 0 aromatic heterocycles. The number of aromatic carboxylic acids is 1. The lowest BCUT2D eigenvalue weighted by molar-refractivity contribution is -0.137. The number of thioether (sulfide) groups is 1. The van der Waals surface area contributed by atoms with Gasteiger partial charge in [-0.05, 0) is 48.5 Å². The number of halogens is 4. The molecule has 2 amide bonds. The van der Waals surface area contributed by atoms with Crippen molar-refractivity contribution in [2.45, 2.75) is 11.1 Å². The first-order valence-electron chi connectivity index (χ1n) is 9.58. The standard InChI is InChI=1S/C23H16ClF3N2O4S/c24-13-8-9-19(18(10-13)23(25,26)27)29-20(30)12-34-15-5-3-4-14(11-15)28-21(31)16-6-1-2-7-17(16)22(32)33/h1-11H,12H2,(H,28,31)(H,29,30)(H,32,33). The number of carbonyl (C=O) groups is 3.